The topological polar surface area (TPSA) is 37.7 Å². The van der Waals surface area contributed by atoms with E-state index in [9.17, 15) is 0 Å². The summed E-state index contributed by atoms with van der Waals surface area (Å²) in [6, 6.07) is 0. The number of nitrogens with zero attached hydrogens (tertiary/aromatic N) is 6. The van der Waals surface area contributed by atoms with E-state index in [1.54, 1.807) is 0 Å². The number of fused-ring (bicyclic) bond motifs is 4. The SMILES string of the molecule is C1CN2CCN3CCN4CCN5CCN=C5C(=C34)C2=N1. The summed E-state index contributed by atoms with van der Waals surface area (Å²) in [6.07, 6.45) is 0. The molecule has 0 amide bonds. The lowest BCUT2D eigenvalue weighted by Gasteiger charge is -2.23. The lowest BCUT2D eigenvalue weighted by Crippen LogP contribution is -2.37. The Kier molecular flexibility index (Phi) is 2.14. The molecular formula is C14H20N6. The summed E-state index contributed by atoms with van der Waals surface area (Å²) in [4.78, 5) is 19.7. The minimum absolute atomic E-state index is 0.944. The Morgan fingerprint density at radius 3 is 1.50 bits per heavy atom. The summed E-state index contributed by atoms with van der Waals surface area (Å²) >= 11 is 0. The van der Waals surface area contributed by atoms with Crippen LogP contribution in [0.4, 0.5) is 0 Å². The van der Waals surface area contributed by atoms with Gasteiger partial charge in [-0.15, -0.1) is 0 Å². The van der Waals surface area contributed by atoms with Gasteiger partial charge in [0.05, 0.1) is 18.7 Å². The average Bonchev–Trinajstić information content (AvgIpc) is 3.15. The molecule has 0 N–H and O–H groups in total. The maximum Gasteiger partial charge on any atom is 0.138 e. The molecule has 0 aliphatic carbocycles. The highest BCUT2D eigenvalue weighted by molar-refractivity contribution is 6.24. The van der Waals surface area contributed by atoms with Crippen molar-refractivity contribution in [2.45, 2.75) is 0 Å². The van der Waals surface area contributed by atoms with Crippen molar-refractivity contribution in [2.24, 2.45) is 9.98 Å². The van der Waals surface area contributed by atoms with Crippen LogP contribution < -0.4 is 0 Å². The Labute approximate surface area is 119 Å². The van der Waals surface area contributed by atoms with Crippen molar-refractivity contribution in [3.05, 3.63) is 11.4 Å². The average molecular weight is 272 g/mol. The molecule has 5 heterocycles. The first kappa shape index (κ1) is 11.0. The first-order chi connectivity index (χ1) is 9.92. The summed E-state index contributed by atoms with van der Waals surface area (Å²) < 4.78 is 0. The molecule has 0 aromatic carbocycles. The van der Waals surface area contributed by atoms with Crippen LogP contribution in [0.3, 0.4) is 0 Å². The van der Waals surface area contributed by atoms with E-state index in [4.69, 9.17) is 9.98 Å². The van der Waals surface area contributed by atoms with E-state index in [0.29, 0.717) is 0 Å². The van der Waals surface area contributed by atoms with E-state index in [-0.39, 0.29) is 0 Å². The fourth-order valence-corrected chi connectivity index (χ4v) is 4.06. The van der Waals surface area contributed by atoms with E-state index >= 15 is 0 Å². The van der Waals surface area contributed by atoms with Gasteiger partial charge in [-0.25, -0.2) is 0 Å². The molecule has 0 radical (unpaired) electrons. The van der Waals surface area contributed by atoms with Crippen LogP contribution >= 0.6 is 0 Å². The summed E-state index contributed by atoms with van der Waals surface area (Å²) in [5.41, 5.74) is 1.33. The second-order valence-electron chi connectivity index (χ2n) is 6.06. The van der Waals surface area contributed by atoms with Gasteiger partial charge in [0, 0.05) is 52.4 Å². The first-order valence-corrected chi connectivity index (χ1v) is 7.75. The van der Waals surface area contributed by atoms with Crippen LogP contribution in [-0.2, 0) is 0 Å². The van der Waals surface area contributed by atoms with Gasteiger partial charge in [-0.1, -0.05) is 0 Å². The van der Waals surface area contributed by atoms with Gasteiger partial charge in [0.1, 0.15) is 17.5 Å². The van der Waals surface area contributed by atoms with E-state index < -0.39 is 0 Å². The smallest absolute Gasteiger partial charge is 0.138 e. The molecule has 5 aliphatic rings. The normalized spacial score (nSPS) is 28.0. The predicted octanol–water partition coefficient (Wildman–Crippen LogP) is -0.729. The highest BCUT2D eigenvalue weighted by Crippen LogP contribution is 2.32. The van der Waals surface area contributed by atoms with Crippen molar-refractivity contribution in [1.82, 2.24) is 19.6 Å². The molecular weight excluding hydrogens is 252 g/mol. The van der Waals surface area contributed by atoms with Gasteiger partial charge in [-0.2, -0.15) is 0 Å². The molecule has 0 unspecified atom stereocenters. The molecule has 0 spiro atoms. The summed E-state index contributed by atoms with van der Waals surface area (Å²) in [6.45, 7) is 10.8. The van der Waals surface area contributed by atoms with Gasteiger partial charge in [-0.05, 0) is 0 Å². The largest absolute Gasteiger partial charge is 0.354 e. The molecule has 6 heteroatoms. The van der Waals surface area contributed by atoms with E-state index in [2.05, 4.69) is 19.6 Å². The standard InChI is InChI=1S/C14H20N6/c1-3-17-5-7-19-9-10-20-8-6-18-4-2-16-13(18)11(14(19)20)12(17)15-1/h1-10H2. The predicted molar refractivity (Wildman–Crippen MR) is 77.9 cm³/mol. The van der Waals surface area contributed by atoms with E-state index in [1.807, 2.05) is 0 Å². The van der Waals surface area contributed by atoms with Crippen LogP contribution in [0.2, 0.25) is 0 Å². The van der Waals surface area contributed by atoms with Crippen LogP contribution in [0.5, 0.6) is 0 Å². The van der Waals surface area contributed by atoms with Gasteiger partial charge in [0.15, 0.2) is 0 Å². The van der Waals surface area contributed by atoms with Crippen LogP contribution in [-0.4, -0.2) is 96.7 Å². The van der Waals surface area contributed by atoms with Crippen LogP contribution in [0, 0.1) is 0 Å². The van der Waals surface area contributed by atoms with Gasteiger partial charge in [-0.3, -0.25) is 9.98 Å². The van der Waals surface area contributed by atoms with Crippen molar-refractivity contribution >= 4 is 11.7 Å². The molecule has 0 aromatic rings. The highest BCUT2D eigenvalue weighted by Gasteiger charge is 2.41. The lowest BCUT2D eigenvalue weighted by molar-refractivity contribution is 0.308. The number of aliphatic imine (C=N–C) groups is 2. The Bertz CT molecular complexity index is 502. The third-order valence-corrected chi connectivity index (χ3v) is 5.05. The summed E-state index contributed by atoms with van der Waals surface area (Å²) in [7, 11) is 0. The molecule has 6 nitrogen and oxygen atoms in total. The molecule has 1 saturated heterocycles. The zero-order valence-electron chi connectivity index (χ0n) is 11.8. The zero-order valence-corrected chi connectivity index (χ0v) is 11.8. The Morgan fingerprint density at radius 1 is 0.550 bits per heavy atom. The number of hydrogen-bond acceptors (Lipinski definition) is 6. The second-order valence-corrected chi connectivity index (χ2v) is 6.06. The number of hydrogen-bond donors (Lipinski definition) is 0. The molecule has 20 heavy (non-hydrogen) atoms. The van der Waals surface area contributed by atoms with Crippen LogP contribution in [0.25, 0.3) is 0 Å². The molecule has 5 aliphatic heterocycles. The molecule has 5 rings (SSSR count). The quantitative estimate of drug-likeness (QED) is 0.583. The minimum atomic E-state index is 0.944. The minimum Gasteiger partial charge on any atom is -0.354 e. The first-order valence-electron chi connectivity index (χ1n) is 7.75. The monoisotopic (exact) mass is 272 g/mol. The van der Waals surface area contributed by atoms with Crippen molar-refractivity contribution in [2.75, 3.05) is 65.4 Å². The molecule has 1 fully saturated rings. The summed E-state index contributed by atoms with van der Waals surface area (Å²) in [5.74, 6) is 3.83. The Hall–Kier alpha value is -1.72. The molecule has 0 saturated carbocycles. The molecule has 0 aromatic heterocycles. The van der Waals surface area contributed by atoms with E-state index in [1.165, 1.54) is 23.1 Å². The Morgan fingerprint density at radius 2 is 1.00 bits per heavy atom. The fraction of sp³-hybridized carbons (Fsp3) is 0.714. The molecule has 0 bridgehead atoms. The Balaban J connectivity index is 1.73. The van der Waals surface area contributed by atoms with Gasteiger partial charge >= 0.3 is 0 Å². The second kappa shape index (κ2) is 3.90. The van der Waals surface area contributed by atoms with Gasteiger partial charge in [0.25, 0.3) is 0 Å². The van der Waals surface area contributed by atoms with Crippen LogP contribution in [0.15, 0.2) is 21.4 Å². The maximum absolute atomic E-state index is 4.82. The third kappa shape index (κ3) is 1.34. The molecule has 0 atom stereocenters. The van der Waals surface area contributed by atoms with Crippen molar-refractivity contribution < 1.29 is 0 Å². The van der Waals surface area contributed by atoms with E-state index in [0.717, 1.165) is 65.4 Å². The van der Waals surface area contributed by atoms with Crippen molar-refractivity contribution in [1.29, 1.82) is 0 Å². The van der Waals surface area contributed by atoms with Crippen molar-refractivity contribution in [3.8, 4) is 0 Å². The molecule has 106 valence electrons. The summed E-state index contributed by atoms with van der Waals surface area (Å²) in [5, 5.41) is 0. The van der Waals surface area contributed by atoms with Gasteiger partial charge in [0.2, 0.25) is 0 Å². The number of rotatable bonds is 0. The lowest BCUT2D eigenvalue weighted by atomic mass is 10.2. The zero-order chi connectivity index (χ0) is 13.1. The van der Waals surface area contributed by atoms with Crippen molar-refractivity contribution in [3.63, 3.8) is 0 Å². The number of amidine groups is 2. The highest BCUT2D eigenvalue weighted by atomic mass is 15.4. The fourth-order valence-electron chi connectivity index (χ4n) is 4.06. The van der Waals surface area contributed by atoms with Gasteiger partial charge < -0.3 is 19.6 Å². The maximum atomic E-state index is 4.82. The third-order valence-electron chi connectivity index (χ3n) is 5.05. The van der Waals surface area contributed by atoms with Crippen LogP contribution in [0.1, 0.15) is 0 Å².